The maximum absolute atomic E-state index is 13.0. The first kappa shape index (κ1) is 25.1. The largest absolute Gasteiger partial charge is 0.461 e. The van der Waals surface area contributed by atoms with E-state index in [4.69, 9.17) is 0 Å². The van der Waals surface area contributed by atoms with Gasteiger partial charge in [0, 0.05) is 11.5 Å². The standard InChI is InChI=1S/C28H32F4O/c1-2-3-4-5-6-21-9-15-24(16-10-21)25-17-11-22(12-18-25)7-8-23-13-19-26(20-14-23)33-28(31,32)27(29)30/h9-10,13-16,19-20,22,25,27H,2-6,11-12,17-18H2,1H3/t22-,25-. The molecule has 0 atom stereocenters. The number of hydrogen-bond donors (Lipinski definition) is 0. The van der Waals surface area contributed by atoms with Crippen LogP contribution < -0.4 is 4.74 Å². The summed E-state index contributed by atoms with van der Waals surface area (Å²) < 4.78 is 54.5. The molecule has 0 N–H and O–H groups in total. The van der Waals surface area contributed by atoms with E-state index in [1.165, 1.54) is 61.1 Å². The van der Waals surface area contributed by atoms with Crippen molar-refractivity contribution in [2.24, 2.45) is 5.92 Å². The van der Waals surface area contributed by atoms with E-state index in [0.29, 0.717) is 17.4 Å². The molecule has 2 aromatic carbocycles. The van der Waals surface area contributed by atoms with Crippen molar-refractivity contribution in [3.8, 4) is 17.6 Å². The Morgan fingerprint density at radius 1 is 0.909 bits per heavy atom. The minimum absolute atomic E-state index is 0.304. The second-order valence-corrected chi connectivity index (χ2v) is 8.86. The molecule has 5 heteroatoms. The van der Waals surface area contributed by atoms with Crippen LogP contribution in [0.1, 0.15) is 80.9 Å². The summed E-state index contributed by atoms with van der Waals surface area (Å²) in [6.07, 6.45) is 2.17. The summed E-state index contributed by atoms with van der Waals surface area (Å²) in [7, 11) is 0. The number of ether oxygens (including phenoxy) is 1. The third-order valence-electron chi connectivity index (χ3n) is 6.28. The van der Waals surface area contributed by atoms with Crippen LogP contribution in [0.5, 0.6) is 5.75 Å². The van der Waals surface area contributed by atoms with Gasteiger partial charge in [-0.3, -0.25) is 0 Å². The minimum atomic E-state index is -4.50. The second kappa shape index (κ2) is 12.1. The maximum atomic E-state index is 13.0. The Balaban J connectivity index is 1.46. The molecule has 0 bridgehead atoms. The average Bonchev–Trinajstić information content (AvgIpc) is 2.82. The third-order valence-corrected chi connectivity index (χ3v) is 6.28. The molecule has 1 aliphatic rings. The molecule has 0 spiro atoms. The first-order valence-electron chi connectivity index (χ1n) is 11.9. The lowest BCUT2D eigenvalue weighted by atomic mass is 9.78. The molecule has 0 saturated heterocycles. The van der Waals surface area contributed by atoms with Gasteiger partial charge in [-0.15, -0.1) is 0 Å². The van der Waals surface area contributed by atoms with E-state index in [0.717, 1.165) is 32.1 Å². The third kappa shape index (κ3) is 7.81. The topological polar surface area (TPSA) is 9.23 Å². The van der Waals surface area contributed by atoms with E-state index >= 15 is 0 Å². The number of aryl methyl sites for hydroxylation is 1. The van der Waals surface area contributed by atoms with Crippen LogP contribution >= 0.6 is 0 Å². The Labute approximate surface area is 194 Å². The average molecular weight is 461 g/mol. The molecule has 1 saturated carbocycles. The van der Waals surface area contributed by atoms with Gasteiger partial charge in [-0.25, -0.2) is 0 Å². The molecule has 1 fully saturated rings. The monoisotopic (exact) mass is 460 g/mol. The molecule has 178 valence electrons. The molecule has 3 rings (SSSR count). The zero-order valence-corrected chi connectivity index (χ0v) is 19.1. The molecule has 2 aromatic rings. The highest BCUT2D eigenvalue weighted by Crippen LogP contribution is 2.35. The van der Waals surface area contributed by atoms with Crippen LogP contribution in [-0.4, -0.2) is 12.5 Å². The maximum Gasteiger partial charge on any atom is 0.461 e. The molecule has 1 aliphatic carbocycles. The van der Waals surface area contributed by atoms with E-state index in [2.05, 4.69) is 47.8 Å². The lowest BCUT2D eigenvalue weighted by Gasteiger charge is -2.26. The van der Waals surface area contributed by atoms with Crippen LogP contribution in [0.15, 0.2) is 48.5 Å². The van der Waals surface area contributed by atoms with Gasteiger partial charge in [-0.05, 0) is 79.8 Å². The normalized spacial score (nSPS) is 18.6. The van der Waals surface area contributed by atoms with E-state index in [1.54, 1.807) is 0 Å². The highest BCUT2D eigenvalue weighted by atomic mass is 19.3. The predicted molar refractivity (Wildman–Crippen MR) is 124 cm³/mol. The molecule has 0 aromatic heterocycles. The van der Waals surface area contributed by atoms with Gasteiger partial charge in [0.05, 0.1) is 0 Å². The fraction of sp³-hybridized carbons (Fsp3) is 0.500. The lowest BCUT2D eigenvalue weighted by Crippen LogP contribution is -2.33. The highest BCUT2D eigenvalue weighted by molar-refractivity contribution is 5.39. The summed E-state index contributed by atoms with van der Waals surface area (Å²) in [6.45, 7) is 2.23. The molecular formula is C28H32F4O. The highest BCUT2D eigenvalue weighted by Gasteiger charge is 2.43. The van der Waals surface area contributed by atoms with Crippen LogP contribution in [0.2, 0.25) is 0 Å². The second-order valence-electron chi connectivity index (χ2n) is 8.86. The summed E-state index contributed by atoms with van der Waals surface area (Å²) in [5.41, 5.74) is 3.48. The molecule has 1 nitrogen and oxygen atoms in total. The fourth-order valence-corrected chi connectivity index (χ4v) is 4.28. The first-order valence-corrected chi connectivity index (χ1v) is 11.9. The van der Waals surface area contributed by atoms with Gasteiger partial charge >= 0.3 is 12.5 Å². The van der Waals surface area contributed by atoms with E-state index in [1.807, 2.05) is 0 Å². The number of hydrogen-bond acceptors (Lipinski definition) is 1. The number of alkyl halides is 4. The zero-order chi connectivity index (χ0) is 23.7. The van der Waals surface area contributed by atoms with Crippen molar-refractivity contribution in [2.45, 2.75) is 83.2 Å². The molecule has 0 radical (unpaired) electrons. The van der Waals surface area contributed by atoms with Crippen molar-refractivity contribution in [1.29, 1.82) is 0 Å². The van der Waals surface area contributed by atoms with Gasteiger partial charge in [0.1, 0.15) is 5.75 Å². The van der Waals surface area contributed by atoms with Gasteiger partial charge in [0.25, 0.3) is 0 Å². The van der Waals surface area contributed by atoms with Crippen molar-refractivity contribution >= 4 is 0 Å². The zero-order valence-electron chi connectivity index (χ0n) is 19.1. The van der Waals surface area contributed by atoms with Gasteiger partial charge in [-0.1, -0.05) is 62.3 Å². The minimum Gasteiger partial charge on any atom is -0.428 e. The Morgan fingerprint density at radius 2 is 1.58 bits per heavy atom. The van der Waals surface area contributed by atoms with Crippen LogP contribution in [-0.2, 0) is 6.42 Å². The van der Waals surface area contributed by atoms with Gasteiger partial charge in [0.15, 0.2) is 0 Å². The predicted octanol–water partition coefficient (Wildman–Crippen LogP) is 8.37. The Hall–Kier alpha value is -2.48. The van der Waals surface area contributed by atoms with Crippen molar-refractivity contribution in [1.82, 2.24) is 0 Å². The van der Waals surface area contributed by atoms with Crippen LogP contribution in [0, 0.1) is 17.8 Å². The van der Waals surface area contributed by atoms with Crippen LogP contribution in [0.4, 0.5) is 17.6 Å². The number of benzene rings is 2. The Morgan fingerprint density at radius 3 is 2.18 bits per heavy atom. The lowest BCUT2D eigenvalue weighted by molar-refractivity contribution is -0.253. The van der Waals surface area contributed by atoms with Crippen molar-refractivity contribution in [2.75, 3.05) is 0 Å². The molecular weight excluding hydrogens is 428 g/mol. The van der Waals surface area contributed by atoms with Crippen molar-refractivity contribution in [3.05, 3.63) is 65.2 Å². The van der Waals surface area contributed by atoms with Gasteiger partial charge in [-0.2, -0.15) is 17.6 Å². The molecule has 0 unspecified atom stereocenters. The van der Waals surface area contributed by atoms with Crippen LogP contribution in [0.3, 0.4) is 0 Å². The number of rotatable bonds is 9. The van der Waals surface area contributed by atoms with Crippen molar-refractivity contribution in [3.63, 3.8) is 0 Å². The van der Waals surface area contributed by atoms with E-state index < -0.39 is 12.5 Å². The fourth-order valence-electron chi connectivity index (χ4n) is 4.28. The quantitative estimate of drug-likeness (QED) is 0.207. The smallest absolute Gasteiger partial charge is 0.428 e. The summed E-state index contributed by atoms with van der Waals surface area (Å²) in [6, 6.07) is 14.6. The summed E-state index contributed by atoms with van der Waals surface area (Å²) >= 11 is 0. The molecule has 0 amide bonds. The summed E-state index contributed by atoms with van der Waals surface area (Å²) in [4.78, 5) is 0. The summed E-state index contributed by atoms with van der Waals surface area (Å²) in [5, 5.41) is 0. The van der Waals surface area contributed by atoms with Crippen molar-refractivity contribution < 1.29 is 22.3 Å². The van der Waals surface area contributed by atoms with Crippen LogP contribution in [0.25, 0.3) is 0 Å². The first-order chi connectivity index (χ1) is 15.9. The Bertz CT molecular complexity index is 902. The van der Waals surface area contributed by atoms with E-state index in [9.17, 15) is 17.6 Å². The Kier molecular flexibility index (Phi) is 9.23. The van der Waals surface area contributed by atoms with Gasteiger partial charge in [0.2, 0.25) is 0 Å². The molecule has 0 aliphatic heterocycles. The number of halogens is 4. The van der Waals surface area contributed by atoms with E-state index in [-0.39, 0.29) is 5.75 Å². The van der Waals surface area contributed by atoms with Gasteiger partial charge < -0.3 is 4.74 Å². The molecule has 0 heterocycles. The number of unbranched alkanes of at least 4 members (excludes halogenated alkanes) is 3. The molecule has 33 heavy (non-hydrogen) atoms. The summed E-state index contributed by atoms with van der Waals surface area (Å²) in [5.74, 6) is 6.93. The SMILES string of the molecule is CCCCCCc1ccc([C@H]2CC[C@H](C#Cc3ccc(OC(F)(F)C(F)F)cc3)CC2)cc1.